The van der Waals surface area contributed by atoms with Crippen molar-refractivity contribution in [1.29, 1.82) is 0 Å². The van der Waals surface area contributed by atoms with Crippen LogP contribution in [0, 0.1) is 11.8 Å². The van der Waals surface area contributed by atoms with Crippen molar-refractivity contribution in [3.05, 3.63) is 124 Å². The Morgan fingerprint density at radius 2 is 1.44 bits per heavy atom. The monoisotopic (exact) mass is 474 g/mol. The van der Waals surface area contributed by atoms with E-state index in [4.69, 9.17) is 14.2 Å². The number of hydrogen-bond donors (Lipinski definition) is 0. The van der Waals surface area contributed by atoms with Crippen molar-refractivity contribution in [2.24, 2.45) is 0 Å². The van der Waals surface area contributed by atoms with Crippen molar-refractivity contribution in [2.45, 2.75) is 31.8 Å². The zero-order chi connectivity index (χ0) is 24.7. The van der Waals surface area contributed by atoms with Gasteiger partial charge < -0.3 is 14.2 Å². The summed E-state index contributed by atoms with van der Waals surface area (Å²) in [5, 5.41) is 0. The zero-order valence-electron chi connectivity index (χ0n) is 20.8. The largest absolute Gasteiger partial charge is 0.497 e. The van der Waals surface area contributed by atoms with E-state index in [1.807, 2.05) is 48.5 Å². The minimum atomic E-state index is 0.426. The lowest BCUT2D eigenvalue weighted by molar-refractivity contribution is 0.306. The highest BCUT2D eigenvalue weighted by atomic mass is 16.5. The maximum Gasteiger partial charge on any atom is 0.120 e. The number of benzene rings is 4. The summed E-state index contributed by atoms with van der Waals surface area (Å²) in [5.74, 6) is 9.80. The number of ether oxygens (including phenoxy) is 3. The first-order valence-corrected chi connectivity index (χ1v) is 12.3. The quantitative estimate of drug-likeness (QED) is 0.283. The van der Waals surface area contributed by atoms with Gasteiger partial charge in [0, 0.05) is 11.1 Å². The molecule has 4 aromatic rings. The summed E-state index contributed by atoms with van der Waals surface area (Å²) >= 11 is 0. The van der Waals surface area contributed by atoms with Gasteiger partial charge in [-0.2, -0.15) is 0 Å². The van der Waals surface area contributed by atoms with Crippen LogP contribution in [0.15, 0.2) is 91.0 Å². The molecule has 0 aliphatic heterocycles. The summed E-state index contributed by atoms with van der Waals surface area (Å²) in [6.07, 6.45) is 3.14. The van der Waals surface area contributed by atoms with Crippen LogP contribution in [0.25, 0.3) is 0 Å². The summed E-state index contributed by atoms with van der Waals surface area (Å²) in [5.41, 5.74) is 7.20. The van der Waals surface area contributed by atoms with Crippen molar-refractivity contribution < 1.29 is 14.2 Å². The molecular weight excluding hydrogens is 444 g/mol. The minimum absolute atomic E-state index is 0.426. The number of methoxy groups -OCH3 is 2. The zero-order valence-corrected chi connectivity index (χ0v) is 20.8. The third-order valence-corrected chi connectivity index (χ3v) is 6.79. The summed E-state index contributed by atoms with van der Waals surface area (Å²) in [4.78, 5) is 0. The summed E-state index contributed by atoms with van der Waals surface area (Å²) < 4.78 is 16.8. The van der Waals surface area contributed by atoms with Crippen LogP contribution in [0.5, 0.6) is 17.2 Å². The Morgan fingerprint density at radius 1 is 0.722 bits per heavy atom. The van der Waals surface area contributed by atoms with E-state index in [1.54, 1.807) is 14.2 Å². The molecule has 1 aliphatic rings. The van der Waals surface area contributed by atoms with E-state index >= 15 is 0 Å². The smallest absolute Gasteiger partial charge is 0.120 e. The first kappa shape index (κ1) is 23.6. The maximum atomic E-state index is 5.91. The molecule has 5 rings (SSSR count). The first-order valence-electron chi connectivity index (χ1n) is 12.3. The van der Waals surface area contributed by atoms with Gasteiger partial charge in [-0.3, -0.25) is 0 Å². The van der Waals surface area contributed by atoms with Crippen molar-refractivity contribution in [1.82, 2.24) is 0 Å². The molecule has 0 saturated carbocycles. The van der Waals surface area contributed by atoms with Crippen LogP contribution in [-0.4, -0.2) is 14.2 Å². The fraction of sp³-hybridized carbons (Fsp3) is 0.212. The summed E-state index contributed by atoms with van der Waals surface area (Å²) in [6, 6.07) is 30.9. The second kappa shape index (κ2) is 11.1. The van der Waals surface area contributed by atoms with Crippen LogP contribution in [0.1, 0.15) is 45.7 Å². The molecule has 3 nitrogen and oxygen atoms in total. The molecule has 0 fully saturated rings. The molecule has 0 spiro atoms. The van der Waals surface area contributed by atoms with Crippen molar-refractivity contribution in [3.8, 4) is 29.1 Å². The second-order valence-corrected chi connectivity index (χ2v) is 9.08. The van der Waals surface area contributed by atoms with E-state index in [-0.39, 0.29) is 0 Å². The Balaban J connectivity index is 1.33. The molecule has 0 amide bonds. The van der Waals surface area contributed by atoms with Crippen LogP contribution in [0.3, 0.4) is 0 Å². The highest BCUT2D eigenvalue weighted by Gasteiger charge is 2.22. The van der Waals surface area contributed by atoms with Crippen LogP contribution >= 0.6 is 0 Å². The van der Waals surface area contributed by atoms with Gasteiger partial charge in [0.1, 0.15) is 23.9 Å². The van der Waals surface area contributed by atoms with Gasteiger partial charge >= 0.3 is 0 Å². The lowest BCUT2D eigenvalue weighted by atomic mass is 9.78. The Kier molecular flexibility index (Phi) is 7.24. The van der Waals surface area contributed by atoms with Gasteiger partial charge in [-0.05, 0) is 96.0 Å². The molecular formula is C33H30O3. The molecule has 1 atom stereocenters. The van der Waals surface area contributed by atoms with Gasteiger partial charge in [0.25, 0.3) is 0 Å². The second-order valence-electron chi connectivity index (χ2n) is 9.08. The molecule has 1 unspecified atom stereocenters. The van der Waals surface area contributed by atoms with Crippen LogP contribution in [0.4, 0.5) is 0 Å². The average Bonchev–Trinajstić information content (AvgIpc) is 2.95. The van der Waals surface area contributed by atoms with E-state index < -0.39 is 0 Å². The van der Waals surface area contributed by atoms with Crippen LogP contribution in [-0.2, 0) is 19.4 Å². The Bertz CT molecular complexity index is 1380. The predicted molar refractivity (Wildman–Crippen MR) is 144 cm³/mol. The van der Waals surface area contributed by atoms with Gasteiger partial charge in [0.05, 0.1) is 14.2 Å². The van der Waals surface area contributed by atoms with E-state index in [1.165, 1.54) is 16.7 Å². The van der Waals surface area contributed by atoms with Gasteiger partial charge in [-0.1, -0.05) is 54.3 Å². The van der Waals surface area contributed by atoms with E-state index in [9.17, 15) is 0 Å². The average molecular weight is 475 g/mol. The molecule has 180 valence electrons. The molecule has 0 saturated heterocycles. The summed E-state index contributed by atoms with van der Waals surface area (Å²) in [7, 11) is 3.42. The third kappa shape index (κ3) is 5.56. The topological polar surface area (TPSA) is 27.7 Å². The van der Waals surface area contributed by atoms with Crippen molar-refractivity contribution in [2.75, 3.05) is 14.2 Å². The van der Waals surface area contributed by atoms with Gasteiger partial charge in [0.2, 0.25) is 0 Å². The van der Waals surface area contributed by atoms with E-state index in [2.05, 4.69) is 54.3 Å². The molecule has 0 heterocycles. The number of hydrogen-bond acceptors (Lipinski definition) is 3. The van der Waals surface area contributed by atoms with Gasteiger partial charge in [-0.15, -0.1) is 0 Å². The van der Waals surface area contributed by atoms with Gasteiger partial charge in [0.15, 0.2) is 0 Å². The molecule has 0 aromatic heterocycles. The fourth-order valence-corrected chi connectivity index (χ4v) is 4.77. The number of aryl methyl sites for hydroxylation is 1. The third-order valence-electron chi connectivity index (χ3n) is 6.79. The SMILES string of the molecule is COc1ccc(C2CCc3cc(OC)ccc3C2)c(C#Cc2ccc(OCc3ccccc3)cc2)c1. The normalized spacial score (nSPS) is 14.2. The molecule has 0 radical (unpaired) electrons. The minimum Gasteiger partial charge on any atom is -0.497 e. The van der Waals surface area contributed by atoms with Crippen molar-refractivity contribution in [3.63, 3.8) is 0 Å². The van der Waals surface area contributed by atoms with Gasteiger partial charge in [-0.25, -0.2) is 0 Å². The first-order chi connectivity index (χ1) is 17.7. The number of rotatable bonds is 6. The Hall–Kier alpha value is -4.16. The Labute approximate surface area is 213 Å². The summed E-state index contributed by atoms with van der Waals surface area (Å²) in [6.45, 7) is 0.552. The highest BCUT2D eigenvalue weighted by Crippen LogP contribution is 2.36. The van der Waals surface area contributed by atoms with Crippen molar-refractivity contribution >= 4 is 0 Å². The highest BCUT2D eigenvalue weighted by molar-refractivity contribution is 5.52. The van der Waals surface area contributed by atoms with E-state index in [0.29, 0.717) is 12.5 Å². The maximum absolute atomic E-state index is 5.91. The molecule has 3 heteroatoms. The predicted octanol–water partition coefficient (Wildman–Crippen LogP) is 6.96. The number of fused-ring (bicyclic) bond motifs is 1. The molecule has 36 heavy (non-hydrogen) atoms. The molecule has 1 aliphatic carbocycles. The lowest BCUT2D eigenvalue weighted by Crippen LogP contribution is -2.14. The van der Waals surface area contributed by atoms with Crippen LogP contribution in [0.2, 0.25) is 0 Å². The fourth-order valence-electron chi connectivity index (χ4n) is 4.77. The van der Waals surface area contributed by atoms with Crippen LogP contribution < -0.4 is 14.2 Å². The molecule has 4 aromatic carbocycles. The molecule has 0 bridgehead atoms. The standard InChI is InChI=1S/C33H30O3/c1-34-31-17-14-26-20-28(13-12-27(26)21-31)33-19-18-32(35-2)22-29(33)11-8-24-9-15-30(16-10-24)36-23-25-6-4-3-5-7-25/h3-7,9-10,14-19,21-22,28H,12-13,20,23H2,1-2H3. The Morgan fingerprint density at radius 3 is 2.22 bits per heavy atom. The van der Waals surface area contributed by atoms with E-state index in [0.717, 1.165) is 53.2 Å². The lowest BCUT2D eigenvalue weighted by Gasteiger charge is -2.26. The molecule has 0 N–H and O–H groups in total.